The standard InChI is InChI=1S/C13H22N2O2/c1-6-10(5)13(9-4,14-11(16)7-2)15-12(17)8-3/h7-8,10H,2-3,6,9H2,1,4-5H3,(H,14,16)(H,15,17). The van der Waals surface area contributed by atoms with Crippen LogP contribution in [0.3, 0.4) is 0 Å². The molecule has 0 aliphatic rings. The van der Waals surface area contributed by atoms with Gasteiger partial charge in [0.1, 0.15) is 5.66 Å². The molecule has 0 bridgehead atoms. The second-order valence-corrected chi connectivity index (χ2v) is 4.02. The van der Waals surface area contributed by atoms with E-state index in [0.29, 0.717) is 6.42 Å². The van der Waals surface area contributed by atoms with E-state index < -0.39 is 5.66 Å². The van der Waals surface area contributed by atoms with Crippen LogP contribution in [-0.2, 0) is 9.59 Å². The van der Waals surface area contributed by atoms with Crippen molar-refractivity contribution in [3.63, 3.8) is 0 Å². The van der Waals surface area contributed by atoms with Gasteiger partial charge in [-0.25, -0.2) is 0 Å². The zero-order valence-corrected chi connectivity index (χ0v) is 10.9. The number of carbonyl (C=O) groups excluding carboxylic acids is 2. The van der Waals surface area contributed by atoms with Crippen molar-refractivity contribution in [2.45, 2.75) is 39.3 Å². The van der Waals surface area contributed by atoms with Gasteiger partial charge in [0, 0.05) is 0 Å². The lowest BCUT2D eigenvalue weighted by Crippen LogP contribution is -2.63. The van der Waals surface area contributed by atoms with Gasteiger partial charge in [0.05, 0.1) is 0 Å². The number of nitrogens with one attached hydrogen (secondary N) is 2. The Bertz CT molecular complexity index is 289. The topological polar surface area (TPSA) is 58.2 Å². The number of rotatable bonds is 7. The third kappa shape index (κ3) is 4.06. The Balaban J connectivity index is 5.12. The van der Waals surface area contributed by atoms with Crippen molar-refractivity contribution in [2.24, 2.45) is 5.92 Å². The fourth-order valence-electron chi connectivity index (χ4n) is 1.69. The molecular formula is C13H22N2O2. The predicted molar refractivity (Wildman–Crippen MR) is 69.2 cm³/mol. The maximum absolute atomic E-state index is 11.5. The van der Waals surface area contributed by atoms with Crippen molar-refractivity contribution in [2.75, 3.05) is 0 Å². The number of carbonyl (C=O) groups is 2. The molecule has 0 saturated carbocycles. The van der Waals surface area contributed by atoms with Crippen LogP contribution >= 0.6 is 0 Å². The third-order valence-corrected chi connectivity index (χ3v) is 3.07. The van der Waals surface area contributed by atoms with E-state index in [1.54, 1.807) is 0 Å². The average Bonchev–Trinajstić information content (AvgIpc) is 2.36. The van der Waals surface area contributed by atoms with Crippen LogP contribution in [0.5, 0.6) is 0 Å². The predicted octanol–water partition coefficient (Wildman–Crippen LogP) is 1.74. The zero-order valence-electron chi connectivity index (χ0n) is 10.9. The molecule has 0 aromatic rings. The average molecular weight is 238 g/mol. The molecule has 4 nitrogen and oxygen atoms in total. The van der Waals surface area contributed by atoms with Crippen molar-refractivity contribution in [1.29, 1.82) is 0 Å². The summed E-state index contributed by atoms with van der Waals surface area (Å²) in [5, 5.41) is 5.62. The lowest BCUT2D eigenvalue weighted by atomic mass is 9.88. The summed E-state index contributed by atoms with van der Waals surface area (Å²) in [6.07, 6.45) is 3.84. The van der Waals surface area contributed by atoms with Crippen LogP contribution in [0, 0.1) is 5.92 Å². The summed E-state index contributed by atoms with van der Waals surface area (Å²) in [5.74, 6) is -0.478. The highest BCUT2D eigenvalue weighted by atomic mass is 16.2. The van der Waals surface area contributed by atoms with Crippen LogP contribution in [0.2, 0.25) is 0 Å². The van der Waals surface area contributed by atoms with Gasteiger partial charge in [-0.3, -0.25) is 9.59 Å². The van der Waals surface area contributed by atoms with Crippen molar-refractivity contribution in [1.82, 2.24) is 10.6 Å². The van der Waals surface area contributed by atoms with E-state index in [1.165, 1.54) is 12.2 Å². The SMILES string of the molecule is C=CC(=O)NC(CC)(NC(=O)C=C)C(C)CC. The van der Waals surface area contributed by atoms with Gasteiger partial charge >= 0.3 is 0 Å². The fraction of sp³-hybridized carbons (Fsp3) is 0.538. The van der Waals surface area contributed by atoms with Gasteiger partial charge in [-0.2, -0.15) is 0 Å². The summed E-state index contributed by atoms with van der Waals surface area (Å²) in [6, 6.07) is 0. The maximum atomic E-state index is 11.5. The summed E-state index contributed by atoms with van der Waals surface area (Å²) in [5.41, 5.74) is -0.745. The Morgan fingerprint density at radius 3 is 1.82 bits per heavy atom. The molecule has 0 spiro atoms. The van der Waals surface area contributed by atoms with Gasteiger partial charge < -0.3 is 10.6 Å². The van der Waals surface area contributed by atoms with E-state index in [9.17, 15) is 9.59 Å². The molecule has 0 fully saturated rings. The minimum atomic E-state index is -0.745. The number of hydrogen-bond acceptors (Lipinski definition) is 2. The van der Waals surface area contributed by atoms with Gasteiger partial charge in [-0.05, 0) is 30.9 Å². The minimum absolute atomic E-state index is 0.111. The second kappa shape index (κ2) is 6.89. The van der Waals surface area contributed by atoms with Crippen LogP contribution in [-0.4, -0.2) is 17.5 Å². The molecule has 2 N–H and O–H groups in total. The van der Waals surface area contributed by atoms with E-state index in [0.717, 1.165) is 6.42 Å². The van der Waals surface area contributed by atoms with Gasteiger partial charge in [-0.1, -0.05) is 33.9 Å². The molecule has 0 saturated heterocycles. The number of hydrogen-bond donors (Lipinski definition) is 2. The lowest BCUT2D eigenvalue weighted by Gasteiger charge is -2.39. The van der Waals surface area contributed by atoms with Crippen LogP contribution in [0.15, 0.2) is 25.3 Å². The second-order valence-electron chi connectivity index (χ2n) is 4.02. The zero-order chi connectivity index (χ0) is 13.5. The highest BCUT2D eigenvalue weighted by Gasteiger charge is 2.35. The van der Waals surface area contributed by atoms with E-state index in [2.05, 4.69) is 23.8 Å². The molecule has 0 aromatic carbocycles. The van der Waals surface area contributed by atoms with Crippen molar-refractivity contribution in [3.8, 4) is 0 Å². The number of amides is 2. The first-order valence-electron chi connectivity index (χ1n) is 5.84. The monoisotopic (exact) mass is 238 g/mol. The minimum Gasteiger partial charge on any atom is -0.330 e. The normalized spacial score (nSPS) is 12.4. The van der Waals surface area contributed by atoms with Crippen molar-refractivity contribution >= 4 is 11.8 Å². The van der Waals surface area contributed by atoms with Crippen LogP contribution in [0.25, 0.3) is 0 Å². The lowest BCUT2D eigenvalue weighted by molar-refractivity contribution is -0.123. The molecule has 0 heterocycles. The van der Waals surface area contributed by atoms with E-state index in [4.69, 9.17) is 0 Å². The van der Waals surface area contributed by atoms with Crippen LogP contribution in [0.4, 0.5) is 0 Å². The molecule has 0 rings (SSSR count). The van der Waals surface area contributed by atoms with Crippen molar-refractivity contribution < 1.29 is 9.59 Å². The van der Waals surface area contributed by atoms with E-state index in [1.807, 2.05) is 20.8 Å². The molecule has 96 valence electrons. The Kier molecular flexibility index (Phi) is 6.25. The molecule has 1 unspecified atom stereocenters. The first kappa shape index (κ1) is 15.4. The Labute approximate surface area is 103 Å². The molecule has 0 radical (unpaired) electrons. The quantitative estimate of drug-likeness (QED) is 0.524. The maximum Gasteiger partial charge on any atom is 0.245 e. The molecule has 2 amide bonds. The first-order chi connectivity index (χ1) is 7.95. The molecule has 0 aliphatic carbocycles. The van der Waals surface area contributed by atoms with Crippen LogP contribution in [0.1, 0.15) is 33.6 Å². The van der Waals surface area contributed by atoms with Gasteiger partial charge in [-0.15, -0.1) is 0 Å². The summed E-state index contributed by atoms with van der Waals surface area (Å²) in [7, 11) is 0. The van der Waals surface area contributed by atoms with Gasteiger partial charge in [0.2, 0.25) is 11.8 Å². The largest absolute Gasteiger partial charge is 0.330 e. The molecule has 1 atom stereocenters. The third-order valence-electron chi connectivity index (χ3n) is 3.07. The molecule has 0 aromatic heterocycles. The Morgan fingerprint density at radius 2 is 1.59 bits per heavy atom. The van der Waals surface area contributed by atoms with Gasteiger partial charge in [0.25, 0.3) is 0 Å². The van der Waals surface area contributed by atoms with Crippen molar-refractivity contribution in [3.05, 3.63) is 25.3 Å². The van der Waals surface area contributed by atoms with E-state index in [-0.39, 0.29) is 17.7 Å². The van der Waals surface area contributed by atoms with Gasteiger partial charge in [0.15, 0.2) is 0 Å². The smallest absolute Gasteiger partial charge is 0.245 e. The summed E-state index contributed by atoms with van der Waals surface area (Å²) < 4.78 is 0. The molecule has 17 heavy (non-hydrogen) atoms. The summed E-state index contributed by atoms with van der Waals surface area (Å²) >= 11 is 0. The Hall–Kier alpha value is -1.58. The molecular weight excluding hydrogens is 216 g/mol. The first-order valence-corrected chi connectivity index (χ1v) is 5.84. The fourth-order valence-corrected chi connectivity index (χ4v) is 1.69. The summed E-state index contributed by atoms with van der Waals surface area (Å²) in [6.45, 7) is 12.7. The Morgan fingerprint density at radius 1 is 1.18 bits per heavy atom. The van der Waals surface area contributed by atoms with E-state index >= 15 is 0 Å². The molecule has 4 heteroatoms. The van der Waals surface area contributed by atoms with Crippen LogP contribution < -0.4 is 10.6 Å². The molecule has 0 aliphatic heterocycles. The highest BCUT2D eigenvalue weighted by molar-refractivity contribution is 5.90. The summed E-state index contributed by atoms with van der Waals surface area (Å²) in [4.78, 5) is 22.9. The highest BCUT2D eigenvalue weighted by Crippen LogP contribution is 2.21.